The smallest absolute Gasteiger partial charge is 0.263 e. The molecule has 0 spiro atoms. The molecule has 6 nitrogen and oxygen atoms in total. The molecule has 0 aromatic carbocycles. The fraction of sp³-hybridized carbons (Fsp3) is 0.643. The molecule has 1 N–H and O–H groups in total. The van der Waals surface area contributed by atoms with Crippen molar-refractivity contribution in [3.8, 4) is 0 Å². The van der Waals surface area contributed by atoms with Gasteiger partial charge in [0.2, 0.25) is 5.91 Å². The maximum atomic E-state index is 12.8. The van der Waals surface area contributed by atoms with Gasteiger partial charge in [-0.05, 0) is 24.6 Å². The van der Waals surface area contributed by atoms with Crippen LogP contribution in [0.5, 0.6) is 0 Å². The minimum atomic E-state index is -0.0873. The fourth-order valence-electron chi connectivity index (χ4n) is 2.87. The van der Waals surface area contributed by atoms with Crippen molar-refractivity contribution in [2.24, 2.45) is 10.9 Å². The van der Waals surface area contributed by atoms with Crippen molar-refractivity contribution in [2.45, 2.75) is 26.8 Å². The van der Waals surface area contributed by atoms with Crippen molar-refractivity contribution in [3.63, 3.8) is 0 Å². The Morgan fingerprint density at radius 1 is 1.48 bits per heavy atom. The lowest BCUT2D eigenvalue weighted by molar-refractivity contribution is -0.135. The van der Waals surface area contributed by atoms with Gasteiger partial charge >= 0.3 is 0 Å². The average Bonchev–Trinajstić information content (AvgIpc) is 2.93. The van der Waals surface area contributed by atoms with E-state index in [-0.39, 0.29) is 30.3 Å². The molecule has 1 atom stereocenters. The Hall–Kier alpha value is -1.50. The maximum Gasteiger partial charge on any atom is 0.263 e. The van der Waals surface area contributed by atoms with Gasteiger partial charge in [-0.25, -0.2) is 0 Å². The topological polar surface area (TPSA) is 65.0 Å². The van der Waals surface area contributed by atoms with E-state index >= 15 is 0 Å². The highest BCUT2D eigenvalue weighted by Gasteiger charge is 2.40. The van der Waals surface area contributed by atoms with Crippen LogP contribution in [0.4, 0.5) is 0 Å². The van der Waals surface area contributed by atoms with Gasteiger partial charge in [0.05, 0.1) is 12.6 Å². The number of carbonyl (C=O) groups is 2. The summed E-state index contributed by atoms with van der Waals surface area (Å²) >= 11 is 1.46. The van der Waals surface area contributed by atoms with Crippen molar-refractivity contribution in [1.82, 2.24) is 15.1 Å². The Labute approximate surface area is 128 Å². The number of carbonyl (C=O) groups excluding carboxylic acids is 2. The monoisotopic (exact) mass is 308 g/mol. The van der Waals surface area contributed by atoms with Crippen LogP contribution in [0.1, 0.15) is 20.8 Å². The zero-order valence-corrected chi connectivity index (χ0v) is 13.4. The summed E-state index contributed by atoms with van der Waals surface area (Å²) in [6.45, 7) is 8.37. The summed E-state index contributed by atoms with van der Waals surface area (Å²) in [5.41, 5.74) is 1.05. The summed E-state index contributed by atoms with van der Waals surface area (Å²) in [5, 5.41) is 3.67. The fourth-order valence-corrected chi connectivity index (χ4v) is 4.24. The lowest BCUT2D eigenvalue weighted by atomic mass is 10.1. The highest BCUT2D eigenvalue weighted by atomic mass is 32.2. The highest BCUT2D eigenvalue weighted by Crippen LogP contribution is 2.41. The third-order valence-electron chi connectivity index (χ3n) is 3.79. The van der Waals surface area contributed by atoms with Crippen LogP contribution in [0.3, 0.4) is 0 Å². The molecule has 0 unspecified atom stereocenters. The van der Waals surface area contributed by atoms with E-state index in [9.17, 15) is 9.59 Å². The number of nitrogens with zero attached hydrogens (tertiary/aromatic N) is 3. The molecule has 0 aromatic rings. The minimum Gasteiger partial charge on any atom is -0.353 e. The van der Waals surface area contributed by atoms with Crippen molar-refractivity contribution in [2.75, 3.05) is 26.2 Å². The molecular formula is C14H20N4O2S. The van der Waals surface area contributed by atoms with Crippen LogP contribution in [-0.4, -0.2) is 59.0 Å². The van der Waals surface area contributed by atoms with Crippen LogP contribution < -0.4 is 5.32 Å². The van der Waals surface area contributed by atoms with Gasteiger partial charge in [0.1, 0.15) is 4.91 Å². The molecule has 3 aliphatic rings. The van der Waals surface area contributed by atoms with Crippen molar-refractivity contribution >= 4 is 28.7 Å². The first-order valence-electron chi connectivity index (χ1n) is 7.30. The second-order valence-electron chi connectivity index (χ2n) is 5.92. The van der Waals surface area contributed by atoms with E-state index in [2.05, 4.69) is 36.0 Å². The second kappa shape index (κ2) is 5.36. The first kappa shape index (κ1) is 14.4. The van der Waals surface area contributed by atoms with Crippen LogP contribution in [-0.2, 0) is 9.59 Å². The Balaban J connectivity index is 1.87. The molecule has 1 saturated heterocycles. The molecule has 1 fully saturated rings. The van der Waals surface area contributed by atoms with E-state index < -0.39 is 0 Å². The van der Waals surface area contributed by atoms with Gasteiger partial charge in [0.15, 0.2) is 5.17 Å². The van der Waals surface area contributed by atoms with Crippen LogP contribution >= 0.6 is 11.8 Å². The first-order valence-corrected chi connectivity index (χ1v) is 8.12. The number of thioether (sulfide) groups is 1. The van der Waals surface area contributed by atoms with Crippen LogP contribution in [0.15, 0.2) is 15.6 Å². The van der Waals surface area contributed by atoms with Gasteiger partial charge in [0, 0.05) is 25.3 Å². The largest absolute Gasteiger partial charge is 0.353 e. The van der Waals surface area contributed by atoms with E-state index in [1.807, 2.05) is 0 Å². The molecule has 3 heterocycles. The summed E-state index contributed by atoms with van der Waals surface area (Å²) in [4.78, 5) is 33.4. The summed E-state index contributed by atoms with van der Waals surface area (Å²) in [5.74, 6) is 0.132. The average molecular weight is 308 g/mol. The van der Waals surface area contributed by atoms with Gasteiger partial charge in [0.25, 0.3) is 5.91 Å². The standard InChI is InChI=1S/C14H20N4O2S/c1-8(2)11-12(21-14-16-9(3)6-18(11)14)13(20)17-5-4-15-10(19)7-17/h8-9H,4-7H2,1-3H3,(H,15,19)/t9-/m0/s1. The van der Waals surface area contributed by atoms with Crippen molar-refractivity contribution < 1.29 is 9.59 Å². The van der Waals surface area contributed by atoms with Crippen molar-refractivity contribution in [3.05, 3.63) is 10.6 Å². The number of amides is 2. The number of aliphatic imine (C=N–C) groups is 1. The van der Waals surface area contributed by atoms with E-state index in [0.29, 0.717) is 13.1 Å². The van der Waals surface area contributed by atoms with E-state index in [0.717, 1.165) is 22.3 Å². The second-order valence-corrected chi connectivity index (χ2v) is 6.90. The lowest BCUT2D eigenvalue weighted by Gasteiger charge is -2.27. The number of hydrogen-bond donors (Lipinski definition) is 1. The number of allylic oxidation sites excluding steroid dienone is 1. The number of piperazine rings is 1. The molecule has 3 rings (SSSR count). The van der Waals surface area contributed by atoms with Crippen LogP contribution in [0, 0.1) is 5.92 Å². The van der Waals surface area contributed by atoms with Gasteiger partial charge < -0.3 is 15.1 Å². The minimum absolute atomic E-state index is 0.0386. The summed E-state index contributed by atoms with van der Waals surface area (Å²) in [6, 6.07) is 0.277. The molecular weight excluding hydrogens is 288 g/mol. The van der Waals surface area contributed by atoms with Crippen LogP contribution in [0.2, 0.25) is 0 Å². The molecule has 0 bridgehead atoms. The molecule has 2 amide bonds. The molecule has 7 heteroatoms. The zero-order valence-electron chi connectivity index (χ0n) is 12.5. The number of nitrogens with one attached hydrogen (secondary N) is 1. The first-order chi connectivity index (χ1) is 9.97. The molecule has 0 saturated carbocycles. The van der Waals surface area contributed by atoms with E-state index in [1.54, 1.807) is 4.90 Å². The SMILES string of the molecule is CC(C)C1=C(C(=O)N2CCNC(=O)C2)SC2=N[C@@H](C)CN21. The van der Waals surface area contributed by atoms with Gasteiger partial charge in [-0.3, -0.25) is 14.6 Å². The zero-order chi connectivity index (χ0) is 15.1. The number of hydrogen-bond acceptors (Lipinski definition) is 5. The number of fused-ring (bicyclic) bond motifs is 1. The molecule has 0 aromatic heterocycles. The number of amidine groups is 1. The summed E-state index contributed by atoms with van der Waals surface area (Å²) in [6.07, 6.45) is 0. The number of rotatable bonds is 2. The van der Waals surface area contributed by atoms with Gasteiger partial charge in [-0.1, -0.05) is 13.8 Å². The maximum absolute atomic E-state index is 12.8. The third-order valence-corrected chi connectivity index (χ3v) is 4.89. The Bertz CT molecular complexity index is 555. The van der Waals surface area contributed by atoms with E-state index in [1.165, 1.54) is 11.8 Å². The van der Waals surface area contributed by atoms with Gasteiger partial charge in [-0.15, -0.1) is 0 Å². The predicted molar refractivity (Wildman–Crippen MR) is 82.6 cm³/mol. The quantitative estimate of drug-likeness (QED) is 0.812. The summed E-state index contributed by atoms with van der Waals surface area (Å²) in [7, 11) is 0. The van der Waals surface area contributed by atoms with Crippen LogP contribution in [0.25, 0.3) is 0 Å². The van der Waals surface area contributed by atoms with Crippen molar-refractivity contribution in [1.29, 1.82) is 0 Å². The molecule has 0 aliphatic carbocycles. The molecule has 3 aliphatic heterocycles. The molecule has 0 radical (unpaired) electrons. The Morgan fingerprint density at radius 3 is 2.90 bits per heavy atom. The lowest BCUT2D eigenvalue weighted by Crippen LogP contribution is -2.50. The normalized spacial score (nSPS) is 25.4. The third kappa shape index (κ3) is 2.54. The Morgan fingerprint density at radius 2 is 2.24 bits per heavy atom. The Kier molecular flexibility index (Phi) is 3.69. The predicted octanol–water partition coefficient (Wildman–Crippen LogP) is 0.619. The molecule has 114 valence electrons. The van der Waals surface area contributed by atoms with E-state index in [4.69, 9.17) is 0 Å². The summed E-state index contributed by atoms with van der Waals surface area (Å²) < 4.78 is 0. The molecule has 21 heavy (non-hydrogen) atoms. The highest BCUT2D eigenvalue weighted by molar-refractivity contribution is 8.18. The van der Waals surface area contributed by atoms with Gasteiger partial charge in [-0.2, -0.15) is 0 Å².